The second-order valence-corrected chi connectivity index (χ2v) is 4.02. The zero-order valence-corrected chi connectivity index (χ0v) is 10.0. The maximum Gasteiger partial charge on any atom is 0.336 e. The maximum absolute atomic E-state index is 11.4. The van der Waals surface area contributed by atoms with Gasteiger partial charge in [0, 0.05) is 0 Å². The van der Waals surface area contributed by atoms with E-state index in [0.29, 0.717) is 5.75 Å². The quantitative estimate of drug-likeness (QED) is 0.752. The van der Waals surface area contributed by atoms with Crippen molar-refractivity contribution in [1.82, 2.24) is 9.97 Å². The number of H-pyrrole nitrogens is 1. The molecule has 0 spiro atoms. The summed E-state index contributed by atoms with van der Waals surface area (Å²) in [5.74, 6) is -1.29. The van der Waals surface area contributed by atoms with E-state index in [-0.39, 0.29) is 35.1 Å². The van der Waals surface area contributed by atoms with Crippen LogP contribution < -0.4 is 15.2 Å². The third kappa shape index (κ3) is 1.66. The smallest absolute Gasteiger partial charge is 0.336 e. The molecule has 1 aromatic heterocycles. The molecule has 8 heteroatoms. The summed E-state index contributed by atoms with van der Waals surface area (Å²) in [5, 5.41) is 9.27. The number of carboxylic acids is 1. The van der Waals surface area contributed by atoms with Crippen molar-refractivity contribution >= 4 is 11.9 Å². The molecule has 4 N–H and O–H groups in total. The van der Waals surface area contributed by atoms with E-state index in [0.717, 1.165) is 0 Å². The molecule has 8 nitrogen and oxygen atoms in total. The Bertz CT molecular complexity index is 722. The number of nitrogens with zero attached hydrogens (tertiary/aromatic N) is 1. The van der Waals surface area contributed by atoms with Gasteiger partial charge < -0.3 is 25.3 Å². The van der Waals surface area contributed by atoms with E-state index in [2.05, 4.69) is 9.97 Å². The number of aromatic amines is 1. The van der Waals surface area contributed by atoms with Gasteiger partial charge in [0.2, 0.25) is 6.79 Å². The van der Waals surface area contributed by atoms with Crippen molar-refractivity contribution in [3.8, 4) is 22.8 Å². The molecule has 2 aromatic rings. The monoisotopic (exact) mass is 275 g/mol. The van der Waals surface area contributed by atoms with Crippen molar-refractivity contribution in [2.24, 2.45) is 5.73 Å². The number of imidazole rings is 1. The van der Waals surface area contributed by atoms with Gasteiger partial charge in [0.1, 0.15) is 11.4 Å². The van der Waals surface area contributed by atoms with Crippen LogP contribution >= 0.6 is 0 Å². The van der Waals surface area contributed by atoms with Crippen LogP contribution in [0.25, 0.3) is 11.3 Å². The summed E-state index contributed by atoms with van der Waals surface area (Å²) in [6, 6.07) is 2.86. The number of ether oxygens (including phenoxy) is 2. The van der Waals surface area contributed by atoms with Gasteiger partial charge in [-0.3, -0.25) is 4.79 Å². The molecule has 0 saturated heterocycles. The van der Waals surface area contributed by atoms with Gasteiger partial charge in [0.25, 0.3) is 5.91 Å². The Kier molecular flexibility index (Phi) is 2.56. The third-order valence-corrected chi connectivity index (χ3v) is 2.89. The lowest BCUT2D eigenvalue weighted by Crippen LogP contribution is -2.13. The number of primary amides is 1. The number of carbonyl (C=O) groups is 2. The first kappa shape index (κ1) is 12.0. The van der Waals surface area contributed by atoms with E-state index in [9.17, 15) is 14.7 Å². The second-order valence-electron chi connectivity index (χ2n) is 4.02. The van der Waals surface area contributed by atoms with E-state index < -0.39 is 11.9 Å². The molecular weight excluding hydrogens is 266 g/mol. The molecule has 1 amide bonds. The minimum Gasteiger partial charge on any atom is -0.478 e. The Balaban J connectivity index is 2.31. The van der Waals surface area contributed by atoms with Crippen LogP contribution in [-0.4, -0.2) is 33.7 Å². The summed E-state index contributed by atoms with van der Waals surface area (Å²) in [4.78, 5) is 29.3. The molecule has 102 valence electrons. The molecule has 0 atom stereocenters. The predicted molar refractivity (Wildman–Crippen MR) is 65.6 cm³/mol. The van der Waals surface area contributed by atoms with Crippen molar-refractivity contribution in [2.75, 3.05) is 6.79 Å². The number of amides is 1. The Labute approximate surface area is 112 Å². The fraction of sp³-hybridized carbons (Fsp3) is 0.0833. The number of benzene rings is 1. The number of hydrogen-bond acceptors (Lipinski definition) is 5. The van der Waals surface area contributed by atoms with E-state index >= 15 is 0 Å². The summed E-state index contributed by atoms with van der Waals surface area (Å²) in [6.45, 7) is -0.0261. The lowest BCUT2D eigenvalue weighted by atomic mass is 10.0. The summed E-state index contributed by atoms with van der Waals surface area (Å²) in [5.41, 5.74) is 5.49. The van der Waals surface area contributed by atoms with Gasteiger partial charge in [0.15, 0.2) is 11.5 Å². The van der Waals surface area contributed by atoms with E-state index in [1.807, 2.05) is 0 Å². The summed E-state index contributed by atoms with van der Waals surface area (Å²) in [6.07, 6.45) is 1.26. The highest BCUT2D eigenvalue weighted by Crippen LogP contribution is 2.43. The molecule has 3 rings (SSSR count). The van der Waals surface area contributed by atoms with Gasteiger partial charge in [-0.05, 0) is 12.1 Å². The van der Waals surface area contributed by atoms with Crippen LogP contribution in [0.3, 0.4) is 0 Å². The molecule has 1 aromatic carbocycles. The highest BCUT2D eigenvalue weighted by molar-refractivity contribution is 6.04. The Morgan fingerprint density at radius 2 is 2.15 bits per heavy atom. The Hall–Kier alpha value is -3.03. The van der Waals surface area contributed by atoms with Crippen molar-refractivity contribution in [1.29, 1.82) is 0 Å². The number of nitrogens with two attached hydrogens (primary N) is 1. The predicted octanol–water partition coefficient (Wildman–Crippen LogP) is 0.602. The number of aromatic nitrogens is 2. The van der Waals surface area contributed by atoms with Gasteiger partial charge in [0.05, 0.1) is 17.5 Å². The molecule has 0 saturated carbocycles. The van der Waals surface area contributed by atoms with Crippen LogP contribution in [0.5, 0.6) is 11.5 Å². The summed E-state index contributed by atoms with van der Waals surface area (Å²) < 4.78 is 10.5. The molecular formula is C12H9N3O5. The van der Waals surface area contributed by atoms with E-state index in [1.165, 1.54) is 18.5 Å². The average Bonchev–Trinajstić information content (AvgIpc) is 3.05. The van der Waals surface area contributed by atoms with Crippen LogP contribution in [0.15, 0.2) is 18.5 Å². The molecule has 0 aliphatic carbocycles. The van der Waals surface area contributed by atoms with Gasteiger partial charge in [-0.1, -0.05) is 0 Å². The molecule has 0 unspecified atom stereocenters. The number of nitrogens with one attached hydrogen (secondary N) is 1. The highest BCUT2D eigenvalue weighted by atomic mass is 16.7. The lowest BCUT2D eigenvalue weighted by molar-refractivity contribution is 0.0697. The van der Waals surface area contributed by atoms with Crippen LogP contribution in [0.4, 0.5) is 0 Å². The van der Waals surface area contributed by atoms with Gasteiger partial charge >= 0.3 is 5.97 Å². The van der Waals surface area contributed by atoms with Crippen molar-refractivity contribution in [2.45, 2.75) is 0 Å². The zero-order valence-electron chi connectivity index (χ0n) is 10.0. The van der Waals surface area contributed by atoms with Crippen LogP contribution in [0, 0.1) is 0 Å². The van der Waals surface area contributed by atoms with Crippen LogP contribution in [0.1, 0.15) is 20.8 Å². The Morgan fingerprint density at radius 3 is 2.85 bits per heavy atom. The Morgan fingerprint density at radius 1 is 1.35 bits per heavy atom. The van der Waals surface area contributed by atoms with Gasteiger partial charge in [-0.2, -0.15) is 0 Å². The van der Waals surface area contributed by atoms with E-state index in [4.69, 9.17) is 15.2 Å². The first-order valence-corrected chi connectivity index (χ1v) is 5.59. The highest BCUT2D eigenvalue weighted by Gasteiger charge is 2.28. The van der Waals surface area contributed by atoms with Crippen molar-refractivity contribution in [3.63, 3.8) is 0 Å². The molecule has 0 fully saturated rings. The lowest BCUT2D eigenvalue weighted by Gasteiger charge is -2.08. The number of hydrogen-bond donors (Lipinski definition) is 3. The van der Waals surface area contributed by atoms with Gasteiger partial charge in [-0.15, -0.1) is 0 Å². The SMILES string of the molecule is NC(=O)c1[nH]cnc1-c1c(C(=O)O)ccc2c1OCO2. The molecule has 0 radical (unpaired) electrons. The molecule has 0 bridgehead atoms. The van der Waals surface area contributed by atoms with Gasteiger partial charge in [-0.25, -0.2) is 9.78 Å². The fourth-order valence-corrected chi connectivity index (χ4v) is 2.06. The summed E-state index contributed by atoms with van der Waals surface area (Å²) >= 11 is 0. The van der Waals surface area contributed by atoms with Crippen molar-refractivity contribution < 1.29 is 24.2 Å². The normalized spacial score (nSPS) is 12.4. The fourth-order valence-electron chi connectivity index (χ4n) is 2.06. The third-order valence-electron chi connectivity index (χ3n) is 2.89. The minimum absolute atomic E-state index is 0.0106. The summed E-state index contributed by atoms with van der Waals surface area (Å²) in [7, 11) is 0. The topological polar surface area (TPSA) is 128 Å². The first-order chi connectivity index (χ1) is 9.59. The van der Waals surface area contributed by atoms with E-state index in [1.54, 1.807) is 0 Å². The average molecular weight is 275 g/mol. The molecule has 1 aliphatic rings. The van der Waals surface area contributed by atoms with Crippen molar-refractivity contribution in [3.05, 3.63) is 29.7 Å². The van der Waals surface area contributed by atoms with Crippen LogP contribution in [-0.2, 0) is 0 Å². The first-order valence-electron chi connectivity index (χ1n) is 5.59. The van der Waals surface area contributed by atoms with Crippen LogP contribution in [0.2, 0.25) is 0 Å². The molecule has 1 aliphatic heterocycles. The standard InChI is InChI=1S/C12H9N3O5/c13-11(16)9-8(14-3-15-9)7-5(12(17)18)1-2-6-10(7)20-4-19-6/h1-3H,4H2,(H2,13,16)(H,14,15)(H,17,18). The maximum atomic E-state index is 11.4. The molecule has 2 heterocycles. The largest absolute Gasteiger partial charge is 0.478 e. The number of rotatable bonds is 3. The second kappa shape index (κ2) is 4.26. The molecule has 20 heavy (non-hydrogen) atoms. The zero-order chi connectivity index (χ0) is 14.3. The number of aromatic carboxylic acids is 1. The minimum atomic E-state index is -1.17. The number of fused-ring (bicyclic) bond motifs is 1. The number of carbonyl (C=O) groups excluding carboxylic acids is 1. The number of carboxylic acid groups (broad SMARTS) is 1.